The first kappa shape index (κ1) is 30.2. The second-order valence-corrected chi connectivity index (χ2v) is 14.4. The van der Waals surface area contributed by atoms with Crippen molar-refractivity contribution in [2.24, 2.45) is 0 Å². The van der Waals surface area contributed by atoms with Gasteiger partial charge in [0, 0.05) is 26.7 Å². The highest BCUT2D eigenvalue weighted by atomic mass is 14.4. The molecule has 0 saturated heterocycles. The molecule has 0 fully saturated rings. The van der Waals surface area contributed by atoms with Gasteiger partial charge in [-0.2, -0.15) is 21.0 Å². The van der Waals surface area contributed by atoms with Crippen molar-refractivity contribution < 1.29 is 0 Å². The Hall–Kier alpha value is -5.42. The predicted octanol–water partition coefficient (Wildman–Crippen LogP) is 7.42. The molecule has 0 unspecified atom stereocenters. The lowest BCUT2D eigenvalue weighted by atomic mass is 9.70. The molecule has 0 spiro atoms. The SMILES string of the molecule is CCCC1(CCC)c2cc3c(cc2=c2cc4c(cc21)=c1ccc(=C(C#N)C#N)cc1C4(C)C)C(C)(C)c1cc(=C(C#N)C#N)ccc1=3. The first-order valence-electron chi connectivity index (χ1n) is 16.6. The molecule has 0 heterocycles. The van der Waals surface area contributed by atoms with Crippen LogP contribution in [0.2, 0.25) is 0 Å². The van der Waals surface area contributed by atoms with Gasteiger partial charge in [0.2, 0.25) is 0 Å². The zero-order chi connectivity index (χ0) is 33.5. The number of nitriles is 4. The van der Waals surface area contributed by atoms with Crippen LogP contribution < -0.4 is 10.4 Å². The maximum atomic E-state index is 9.58. The molecule has 4 aromatic carbocycles. The van der Waals surface area contributed by atoms with E-state index in [-0.39, 0.29) is 27.4 Å². The van der Waals surface area contributed by atoms with Gasteiger partial charge in [0.05, 0.1) is 0 Å². The fourth-order valence-electron chi connectivity index (χ4n) is 9.08. The summed E-state index contributed by atoms with van der Waals surface area (Å²) in [6.07, 6.45) is 4.22. The summed E-state index contributed by atoms with van der Waals surface area (Å²) in [5.41, 5.74) is 7.22. The fraction of sp³-hybridized carbons (Fsp3) is 0.302. The van der Waals surface area contributed by atoms with Gasteiger partial charge in [-0.1, -0.05) is 78.6 Å². The number of benzene rings is 4. The van der Waals surface area contributed by atoms with Gasteiger partial charge < -0.3 is 0 Å². The summed E-state index contributed by atoms with van der Waals surface area (Å²) in [5.74, 6) is 0. The monoisotopic (exact) mass is 608 g/mol. The molecule has 228 valence electrons. The van der Waals surface area contributed by atoms with E-state index < -0.39 is 0 Å². The van der Waals surface area contributed by atoms with E-state index in [9.17, 15) is 21.0 Å². The molecule has 4 aromatic rings. The molecule has 0 N–H and O–H groups in total. The van der Waals surface area contributed by atoms with Gasteiger partial charge in [0.15, 0.2) is 0 Å². The highest BCUT2D eigenvalue weighted by molar-refractivity contribution is 5.73. The van der Waals surface area contributed by atoms with Crippen LogP contribution in [0.1, 0.15) is 101 Å². The predicted molar refractivity (Wildman–Crippen MR) is 182 cm³/mol. The number of rotatable bonds is 4. The number of hydrogen-bond acceptors (Lipinski definition) is 4. The van der Waals surface area contributed by atoms with E-state index in [1.165, 1.54) is 53.6 Å². The second-order valence-electron chi connectivity index (χ2n) is 14.4. The summed E-state index contributed by atoms with van der Waals surface area (Å²) in [6.45, 7) is 13.6. The molecule has 7 rings (SSSR count). The zero-order valence-corrected chi connectivity index (χ0v) is 27.9. The Labute approximate surface area is 275 Å². The maximum Gasteiger partial charge on any atom is 0.136 e. The standard InChI is InChI=1S/C43H36N4/c1-7-13-43(14-8-2)39-19-31-29-11-9-25(27(21-44)22-45)15-35(29)41(3,4)37(31)17-33(39)34-18-38-32(20-40(34)43)30-12-10-26(28(23-46)24-47)16-36(30)42(38,5)6/h9-12,15-20H,7-8,13-14H2,1-6H3. The largest absolute Gasteiger partial charge is 0.192 e. The first-order chi connectivity index (χ1) is 22.5. The van der Waals surface area contributed by atoms with Crippen molar-refractivity contribution in [3.63, 3.8) is 0 Å². The minimum absolute atomic E-state index is 0.122. The average Bonchev–Trinajstić information content (AvgIpc) is 3.54. The highest BCUT2D eigenvalue weighted by Gasteiger charge is 2.42. The molecule has 0 aliphatic heterocycles. The zero-order valence-electron chi connectivity index (χ0n) is 27.9. The van der Waals surface area contributed by atoms with Gasteiger partial charge in [-0.25, -0.2) is 0 Å². The van der Waals surface area contributed by atoms with E-state index in [1.54, 1.807) is 0 Å². The molecular formula is C43H36N4. The Kier molecular flexibility index (Phi) is 6.63. The topological polar surface area (TPSA) is 95.2 Å². The molecule has 0 atom stereocenters. The first-order valence-corrected chi connectivity index (χ1v) is 16.6. The van der Waals surface area contributed by atoms with Gasteiger partial charge in [-0.05, 0) is 114 Å². The van der Waals surface area contributed by atoms with Gasteiger partial charge in [-0.15, -0.1) is 0 Å². The molecule has 47 heavy (non-hydrogen) atoms. The van der Waals surface area contributed by atoms with Crippen LogP contribution in [-0.2, 0) is 16.2 Å². The number of fused-ring (bicyclic) bond motifs is 6. The molecule has 0 saturated carbocycles. The summed E-state index contributed by atoms with van der Waals surface area (Å²) in [6, 6.07) is 30.2. The fourth-order valence-corrected chi connectivity index (χ4v) is 9.08. The van der Waals surface area contributed by atoms with Crippen molar-refractivity contribution in [3.8, 4) is 24.3 Å². The summed E-state index contributed by atoms with van der Waals surface area (Å²) in [4.78, 5) is 0. The van der Waals surface area contributed by atoms with E-state index in [2.05, 4.69) is 102 Å². The van der Waals surface area contributed by atoms with Crippen LogP contribution in [0.15, 0.2) is 60.7 Å². The lowest BCUT2D eigenvalue weighted by molar-refractivity contribution is 0.430. The van der Waals surface area contributed by atoms with E-state index in [0.717, 1.165) is 36.8 Å². The van der Waals surface area contributed by atoms with Crippen LogP contribution in [0.3, 0.4) is 0 Å². The van der Waals surface area contributed by atoms with Gasteiger partial charge >= 0.3 is 0 Å². The Morgan fingerprint density at radius 3 is 1.13 bits per heavy atom. The van der Waals surface area contributed by atoms with Crippen LogP contribution in [0.4, 0.5) is 0 Å². The Balaban J connectivity index is 1.64. The lowest BCUT2D eigenvalue weighted by Gasteiger charge is -2.33. The normalized spacial score (nSPS) is 15.8. The van der Waals surface area contributed by atoms with Crippen molar-refractivity contribution in [2.45, 2.75) is 83.5 Å². The molecule has 0 bridgehead atoms. The highest BCUT2D eigenvalue weighted by Crippen LogP contribution is 2.50. The Bertz CT molecular complexity index is 2480. The summed E-state index contributed by atoms with van der Waals surface area (Å²) in [7, 11) is 0. The minimum Gasteiger partial charge on any atom is -0.192 e. The quantitative estimate of drug-likeness (QED) is 0.241. The molecule has 3 aliphatic carbocycles. The van der Waals surface area contributed by atoms with Crippen LogP contribution in [0.25, 0.3) is 11.1 Å². The Morgan fingerprint density at radius 2 is 0.787 bits per heavy atom. The van der Waals surface area contributed by atoms with Crippen molar-refractivity contribution >= 4 is 11.1 Å². The average molecular weight is 609 g/mol. The van der Waals surface area contributed by atoms with Gasteiger partial charge in [-0.3, -0.25) is 0 Å². The van der Waals surface area contributed by atoms with E-state index in [1.807, 2.05) is 24.3 Å². The third-order valence-corrected chi connectivity index (χ3v) is 11.3. The second kappa shape index (κ2) is 10.3. The Morgan fingerprint density at radius 1 is 0.468 bits per heavy atom. The van der Waals surface area contributed by atoms with Gasteiger partial charge in [0.25, 0.3) is 0 Å². The smallest absolute Gasteiger partial charge is 0.136 e. The number of hydrogen-bond donors (Lipinski definition) is 0. The van der Waals surface area contributed by atoms with Crippen LogP contribution in [-0.4, -0.2) is 0 Å². The number of nitrogens with zero attached hydrogens (tertiary/aromatic N) is 4. The van der Waals surface area contributed by atoms with Crippen LogP contribution in [0.5, 0.6) is 0 Å². The maximum absolute atomic E-state index is 9.58. The third-order valence-electron chi connectivity index (χ3n) is 11.3. The molecule has 4 heteroatoms. The van der Waals surface area contributed by atoms with Crippen molar-refractivity contribution in [2.75, 3.05) is 0 Å². The van der Waals surface area contributed by atoms with E-state index >= 15 is 0 Å². The minimum atomic E-state index is -0.301. The molecule has 3 aliphatic rings. The van der Waals surface area contributed by atoms with Crippen molar-refractivity contribution in [3.05, 3.63) is 136 Å². The molecule has 0 amide bonds. The van der Waals surface area contributed by atoms with Crippen molar-refractivity contribution in [1.82, 2.24) is 0 Å². The molecule has 4 nitrogen and oxygen atoms in total. The summed E-state index contributed by atoms with van der Waals surface area (Å²) >= 11 is 0. The third kappa shape index (κ3) is 3.89. The van der Waals surface area contributed by atoms with Gasteiger partial charge in [0.1, 0.15) is 35.4 Å². The summed E-state index contributed by atoms with van der Waals surface area (Å²) in [5, 5.41) is 47.2. The van der Waals surface area contributed by atoms with Crippen molar-refractivity contribution in [1.29, 1.82) is 21.0 Å². The van der Waals surface area contributed by atoms with Crippen LogP contribution in [0, 0.1) is 76.6 Å². The molecule has 0 radical (unpaired) electrons. The molecule has 0 aromatic heterocycles. The van der Waals surface area contributed by atoms with Crippen LogP contribution >= 0.6 is 0 Å². The van der Waals surface area contributed by atoms with E-state index in [4.69, 9.17) is 0 Å². The van der Waals surface area contributed by atoms with E-state index in [0.29, 0.717) is 10.4 Å². The summed E-state index contributed by atoms with van der Waals surface area (Å²) < 4.78 is 0. The lowest BCUT2D eigenvalue weighted by Crippen LogP contribution is -2.26. The molecular weight excluding hydrogens is 573 g/mol.